The summed E-state index contributed by atoms with van der Waals surface area (Å²) in [6, 6.07) is 0. The van der Waals surface area contributed by atoms with Gasteiger partial charge in [-0.15, -0.1) is 0 Å². The summed E-state index contributed by atoms with van der Waals surface area (Å²) in [7, 11) is 0. The fourth-order valence-corrected chi connectivity index (χ4v) is 0. The summed E-state index contributed by atoms with van der Waals surface area (Å²) in [6.45, 7) is 1.60. The Labute approximate surface area is 44.0 Å². The van der Waals surface area contributed by atoms with Crippen LogP contribution in [0.4, 0.5) is 0 Å². The zero-order valence-electron chi connectivity index (χ0n) is 2.41. The van der Waals surface area contributed by atoms with E-state index in [4.69, 9.17) is 0 Å². The van der Waals surface area contributed by atoms with Gasteiger partial charge < -0.3 is 0 Å². The van der Waals surface area contributed by atoms with Gasteiger partial charge in [0, 0.05) is 0 Å². The fourth-order valence-electron chi connectivity index (χ4n) is 0. The van der Waals surface area contributed by atoms with Crippen LogP contribution in [0, 0.1) is 29.4 Å². The topological polar surface area (TPSA) is 17.1 Å². The Morgan fingerprint density at radius 1 is 2.00 bits per heavy atom. The fraction of sp³-hybridized carbons (Fsp3) is 0.500. The van der Waals surface area contributed by atoms with Crippen molar-refractivity contribution in [3.63, 3.8) is 0 Å². The van der Waals surface area contributed by atoms with Crippen LogP contribution >= 0.6 is 0 Å². The summed E-state index contributed by atoms with van der Waals surface area (Å²) >= 11 is 0.536. The number of carbonyl (C=O) groups is 1. The maximum atomic E-state index is 9.52. The first-order valence-electron chi connectivity index (χ1n) is 0.954. The molecule has 0 amide bonds. The molecular weight excluding hydrogens is 278 g/mol. The van der Waals surface area contributed by atoms with Gasteiger partial charge in [0.25, 0.3) is 0 Å². The second kappa shape index (κ2) is 1.99. The molecule has 2 heteroatoms. The van der Waals surface area contributed by atoms with Crippen LogP contribution in [-0.2, 0) is 4.79 Å². The van der Waals surface area contributed by atoms with E-state index < -0.39 is 0 Å². The Morgan fingerprint density at radius 3 is 2.00 bits per heavy atom. The average molecular weight is 281 g/mol. The van der Waals surface area contributed by atoms with Crippen molar-refractivity contribution in [1.82, 2.24) is 0 Å². The van der Waals surface area contributed by atoms with Crippen molar-refractivity contribution in [2.24, 2.45) is 0 Å². The van der Waals surface area contributed by atoms with Gasteiger partial charge in [-0.3, -0.25) is 0 Å². The SMILES string of the molecule is C[C](=O)[U]. The Bertz CT molecular complexity index is 29.0. The molecule has 0 radical (unpaired) electrons. The molecule has 0 fully saturated rings. The monoisotopic (exact) mass is 281 g/mol. The van der Waals surface area contributed by atoms with Crippen molar-refractivity contribution in [3.05, 3.63) is 0 Å². The molecule has 4 heavy (non-hydrogen) atoms. The van der Waals surface area contributed by atoms with Gasteiger partial charge in [-0.1, -0.05) is 0 Å². The number of carbonyl (C=O) groups excluding carboxylic acids is 1. The predicted molar refractivity (Wildman–Crippen MR) is 10.7 cm³/mol. The molecule has 0 N–H and O–H groups in total. The third kappa shape index (κ3) is 15.5. The second-order valence-electron chi connectivity index (χ2n) is 0.556. The van der Waals surface area contributed by atoms with Gasteiger partial charge in [-0.25, -0.2) is 0 Å². The van der Waals surface area contributed by atoms with Crippen molar-refractivity contribution in [3.8, 4) is 0 Å². The average Bonchev–Trinajstić information content (AvgIpc) is 0.811. The number of hydrogen-bond donors (Lipinski definition) is 0. The molecule has 1 nitrogen and oxygen atoms in total. The van der Waals surface area contributed by atoms with E-state index in [2.05, 4.69) is 0 Å². The summed E-state index contributed by atoms with van der Waals surface area (Å²) in [4.78, 5) is 9.52. The summed E-state index contributed by atoms with van der Waals surface area (Å²) in [6.07, 6.45) is 0. The third-order valence-corrected chi connectivity index (χ3v) is 0. The van der Waals surface area contributed by atoms with Crippen LogP contribution < -0.4 is 0 Å². The van der Waals surface area contributed by atoms with E-state index in [0.29, 0.717) is 32.2 Å². The van der Waals surface area contributed by atoms with Gasteiger partial charge in [-0.2, -0.15) is 0 Å². The van der Waals surface area contributed by atoms with Crippen LogP contribution in [0.3, 0.4) is 0 Å². The molecule has 0 bridgehead atoms. The van der Waals surface area contributed by atoms with Gasteiger partial charge in [0.2, 0.25) is 0 Å². The van der Waals surface area contributed by atoms with Crippen molar-refractivity contribution < 1.29 is 34.2 Å². The van der Waals surface area contributed by atoms with Crippen molar-refractivity contribution in [2.75, 3.05) is 0 Å². The Hall–Kier alpha value is 0.722. The molecule has 0 aromatic rings. The van der Waals surface area contributed by atoms with Crippen molar-refractivity contribution in [2.45, 2.75) is 6.92 Å². The molecule has 0 aromatic heterocycles. The zero-order valence-corrected chi connectivity index (χ0v) is 6.57. The number of rotatable bonds is 0. The van der Waals surface area contributed by atoms with E-state index in [1.54, 1.807) is 6.92 Å². The van der Waals surface area contributed by atoms with Crippen molar-refractivity contribution in [1.29, 1.82) is 0 Å². The van der Waals surface area contributed by atoms with E-state index in [1.807, 2.05) is 0 Å². The van der Waals surface area contributed by atoms with E-state index in [9.17, 15) is 4.79 Å². The molecule has 0 aromatic carbocycles. The number of hydrogen-bond acceptors (Lipinski definition) is 1. The van der Waals surface area contributed by atoms with Gasteiger partial charge in [0.15, 0.2) is 0 Å². The molecule has 0 heterocycles. The molecule has 0 aliphatic carbocycles. The van der Waals surface area contributed by atoms with Gasteiger partial charge in [0.1, 0.15) is 0 Å². The molecule has 0 atom stereocenters. The van der Waals surface area contributed by atoms with Gasteiger partial charge in [0.05, 0.1) is 0 Å². The maximum absolute atomic E-state index is 9.52. The Balaban J connectivity index is 2.80. The molecule has 0 spiro atoms. The minimum absolute atomic E-state index is 0.335. The summed E-state index contributed by atoms with van der Waals surface area (Å²) in [5, 5.41) is 0. The first kappa shape index (κ1) is 4.72. The first-order chi connectivity index (χ1) is 1.73. The molecule has 0 aliphatic heterocycles. The normalized spacial score (nSPS) is 6.75. The molecule has 0 saturated heterocycles. The van der Waals surface area contributed by atoms with E-state index in [0.717, 1.165) is 0 Å². The molecule has 0 aliphatic rings. The molecule has 0 saturated carbocycles. The van der Waals surface area contributed by atoms with Gasteiger partial charge >= 0.3 is 44.0 Å². The van der Waals surface area contributed by atoms with E-state index in [-0.39, 0.29) is 0 Å². The van der Waals surface area contributed by atoms with Crippen LogP contribution in [0.15, 0.2) is 0 Å². The van der Waals surface area contributed by atoms with Crippen LogP contribution in [-0.4, -0.2) is 2.82 Å². The van der Waals surface area contributed by atoms with E-state index >= 15 is 0 Å². The summed E-state index contributed by atoms with van der Waals surface area (Å²) < 4.78 is 0.335. The van der Waals surface area contributed by atoms with Crippen LogP contribution in [0.2, 0.25) is 0 Å². The van der Waals surface area contributed by atoms with Crippen LogP contribution in [0.1, 0.15) is 6.92 Å². The van der Waals surface area contributed by atoms with Crippen molar-refractivity contribution >= 4 is 2.82 Å². The quantitative estimate of drug-likeness (QED) is 0.614. The van der Waals surface area contributed by atoms with Crippen LogP contribution in [0.5, 0.6) is 0 Å². The molecule has 0 unspecified atom stereocenters. The molecular formula is C2H3OU. The minimum atomic E-state index is 0.335. The zero-order chi connectivity index (χ0) is 3.58. The standard InChI is InChI=1S/C2H3O.U/c1-2-3;/h1H3;. The van der Waals surface area contributed by atoms with E-state index in [1.165, 1.54) is 0 Å². The third-order valence-electron chi connectivity index (χ3n) is 0. The van der Waals surface area contributed by atoms with Crippen LogP contribution in [0.25, 0.3) is 0 Å². The Morgan fingerprint density at radius 2 is 2.00 bits per heavy atom. The molecule has 21 valence electrons. The second-order valence-corrected chi connectivity index (χ2v) is 3.49. The predicted octanol–water partition coefficient (Wildman–Crippen LogP) is 0.0822. The molecule has 0 rings (SSSR count). The first-order valence-corrected chi connectivity index (χ1v) is 3.04. The summed E-state index contributed by atoms with van der Waals surface area (Å²) in [5.74, 6) is 0. The Kier molecular flexibility index (Phi) is 2.35. The van der Waals surface area contributed by atoms with Gasteiger partial charge in [-0.05, 0) is 0 Å². The summed E-state index contributed by atoms with van der Waals surface area (Å²) in [5.41, 5.74) is 0.